The summed E-state index contributed by atoms with van der Waals surface area (Å²) in [6, 6.07) is 6.74. The van der Waals surface area contributed by atoms with Crippen molar-refractivity contribution in [2.45, 2.75) is 20.3 Å². The van der Waals surface area contributed by atoms with Crippen LogP contribution in [0.2, 0.25) is 0 Å². The summed E-state index contributed by atoms with van der Waals surface area (Å²) in [4.78, 5) is 24.2. The molecule has 1 aromatic heterocycles. The molecule has 2 aromatic rings. The molecule has 2 rings (SSSR count). The number of ether oxygens (including phenoxy) is 1. The average Bonchev–Trinajstić information content (AvgIpc) is 2.58. The van der Waals surface area contributed by atoms with Gasteiger partial charge in [0.15, 0.2) is 5.69 Å². The molecule has 0 aliphatic rings. The molecule has 0 saturated heterocycles. The molecular weight excluding hydrogens is 310 g/mol. The number of fused-ring (bicyclic) bond motifs is 1. The minimum atomic E-state index is -0.589. The quantitative estimate of drug-likeness (QED) is 0.510. The van der Waals surface area contributed by atoms with Crippen molar-refractivity contribution in [1.82, 2.24) is 5.32 Å². The van der Waals surface area contributed by atoms with E-state index in [1.54, 1.807) is 12.1 Å². The number of carbonyl (C=O) groups excluding carboxylic acids is 1. The van der Waals surface area contributed by atoms with Gasteiger partial charge >= 0.3 is 11.7 Å². The first kappa shape index (κ1) is 17.8. The first-order valence-corrected chi connectivity index (χ1v) is 8.09. The number of para-hydroxylation sites is 1. The zero-order valence-electron chi connectivity index (χ0n) is 14.0. The Morgan fingerprint density at radius 3 is 2.75 bits per heavy atom. The summed E-state index contributed by atoms with van der Waals surface area (Å²) in [5.41, 5.74) is 0.557. The van der Waals surface area contributed by atoms with E-state index in [4.69, 9.17) is 9.15 Å². The van der Waals surface area contributed by atoms with Crippen molar-refractivity contribution in [2.24, 2.45) is 0 Å². The van der Waals surface area contributed by atoms with Gasteiger partial charge in [-0.2, -0.15) is 0 Å². The third-order valence-corrected chi connectivity index (χ3v) is 3.36. The van der Waals surface area contributed by atoms with E-state index in [0.717, 1.165) is 5.39 Å². The van der Waals surface area contributed by atoms with Crippen LogP contribution in [-0.4, -0.2) is 32.3 Å². The van der Waals surface area contributed by atoms with E-state index in [0.29, 0.717) is 44.0 Å². The first-order chi connectivity index (χ1) is 11.7. The Kier molecular flexibility index (Phi) is 6.62. The second kappa shape index (κ2) is 8.93. The minimum absolute atomic E-state index is 0.109. The van der Waals surface area contributed by atoms with Gasteiger partial charge in [-0.05, 0) is 32.4 Å². The lowest BCUT2D eigenvalue weighted by molar-refractivity contribution is 0.145. The fourth-order valence-corrected chi connectivity index (χ4v) is 2.30. The van der Waals surface area contributed by atoms with E-state index in [-0.39, 0.29) is 5.69 Å². The zero-order chi connectivity index (χ0) is 17.4. The maximum Gasteiger partial charge on any atom is 0.362 e. The normalized spacial score (nSPS) is 10.6. The van der Waals surface area contributed by atoms with E-state index in [9.17, 15) is 9.59 Å². The van der Waals surface area contributed by atoms with Gasteiger partial charge in [0.1, 0.15) is 5.58 Å². The molecule has 130 valence electrons. The van der Waals surface area contributed by atoms with Crippen LogP contribution in [0.4, 0.5) is 16.2 Å². The fraction of sp³-hybridized carbons (Fsp3) is 0.412. The summed E-state index contributed by atoms with van der Waals surface area (Å²) >= 11 is 0. The highest BCUT2D eigenvalue weighted by atomic mass is 16.5. The van der Waals surface area contributed by atoms with Gasteiger partial charge in [0.2, 0.25) is 0 Å². The molecule has 0 unspecified atom stereocenters. The summed E-state index contributed by atoms with van der Waals surface area (Å²) in [5.74, 6) is 0. The van der Waals surface area contributed by atoms with Gasteiger partial charge < -0.3 is 19.8 Å². The Bertz CT molecular complexity index is 742. The second-order valence-corrected chi connectivity index (χ2v) is 5.10. The van der Waals surface area contributed by atoms with Crippen LogP contribution in [0.15, 0.2) is 33.5 Å². The fourth-order valence-electron chi connectivity index (χ4n) is 2.30. The van der Waals surface area contributed by atoms with Crippen LogP contribution in [0.1, 0.15) is 20.3 Å². The number of hydrogen-bond donors (Lipinski definition) is 3. The molecule has 24 heavy (non-hydrogen) atoms. The van der Waals surface area contributed by atoms with E-state index in [2.05, 4.69) is 16.0 Å². The molecular formula is C17H23N3O4. The molecule has 3 N–H and O–H groups in total. The predicted molar refractivity (Wildman–Crippen MR) is 94.8 cm³/mol. The van der Waals surface area contributed by atoms with Crippen molar-refractivity contribution < 1.29 is 13.9 Å². The lowest BCUT2D eigenvalue weighted by atomic mass is 10.2. The van der Waals surface area contributed by atoms with Gasteiger partial charge in [-0.25, -0.2) is 9.59 Å². The van der Waals surface area contributed by atoms with E-state index < -0.39 is 11.7 Å². The molecule has 1 heterocycles. The van der Waals surface area contributed by atoms with Crippen LogP contribution in [-0.2, 0) is 4.74 Å². The summed E-state index contributed by atoms with van der Waals surface area (Å²) in [6.45, 7) is 6.13. The number of urea groups is 1. The molecule has 0 aliphatic carbocycles. The average molecular weight is 333 g/mol. The van der Waals surface area contributed by atoms with Gasteiger partial charge in [-0.15, -0.1) is 0 Å². The van der Waals surface area contributed by atoms with Crippen molar-refractivity contribution in [3.8, 4) is 0 Å². The molecule has 0 atom stereocenters. The molecule has 0 saturated carbocycles. The number of carbonyl (C=O) groups is 1. The largest absolute Gasteiger partial charge is 0.421 e. The predicted octanol–water partition coefficient (Wildman–Crippen LogP) is 2.77. The number of nitrogens with one attached hydrogen (secondary N) is 3. The lowest BCUT2D eigenvalue weighted by Gasteiger charge is -2.13. The molecule has 0 radical (unpaired) electrons. The third kappa shape index (κ3) is 4.48. The van der Waals surface area contributed by atoms with Crippen molar-refractivity contribution in [2.75, 3.05) is 36.9 Å². The van der Waals surface area contributed by atoms with E-state index >= 15 is 0 Å². The monoisotopic (exact) mass is 333 g/mol. The standard InChI is InChI=1S/C17H23N3O4/c1-3-18-14-12-8-5-6-9-13(12)24-16(21)15(14)20-17(22)19-10-7-11-23-4-2/h5-6,8-9,18H,3-4,7,10-11H2,1-2H3,(H2,19,20,22). The van der Waals surface area contributed by atoms with Crippen molar-refractivity contribution >= 4 is 28.4 Å². The smallest absolute Gasteiger partial charge is 0.362 e. The summed E-state index contributed by atoms with van der Waals surface area (Å²) in [6.07, 6.45) is 0.702. The minimum Gasteiger partial charge on any atom is -0.421 e. The molecule has 0 bridgehead atoms. The zero-order valence-corrected chi connectivity index (χ0v) is 14.0. The van der Waals surface area contributed by atoms with Crippen LogP contribution >= 0.6 is 0 Å². The SMILES string of the molecule is CCNc1c(NC(=O)NCCCOCC)c(=O)oc2ccccc12. The first-order valence-electron chi connectivity index (χ1n) is 8.09. The highest BCUT2D eigenvalue weighted by Gasteiger charge is 2.16. The van der Waals surface area contributed by atoms with Crippen LogP contribution in [0.5, 0.6) is 0 Å². The molecule has 7 nitrogen and oxygen atoms in total. The highest BCUT2D eigenvalue weighted by Crippen LogP contribution is 2.28. The number of benzene rings is 1. The number of amides is 2. The lowest BCUT2D eigenvalue weighted by Crippen LogP contribution is -2.32. The van der Waals surface area contributed by atoms with Gasteiger partial charge in [0.05, 0.1) is 5.69 Å². The topological polar surface area (TPSA) is 92.6 Å². The van der Waals surface area contributed by atoms with Crippen LogP contribution in [0.3, 0.4) is 0 Å². The highest BCUT2D eigenvalue weighted by molar-refractivity contribution is 6.01. The summed E-state index contributed by atoms with van der Waals surface area (Å²) in [7, 11) is 0. The van der Waals surface area contributed by atoms with Gasteiger partial charge in [0.25, 0.3) is 0 Å². The molecule has 0 spiro atoms. The number of rotatable bonds is 8. The Morgan fingerprint density at radius 2 is 2.00 bits per heavy atom. The van der Waals surface area contributed by atoms with Crippen LogP contribution < -0.4 is 21.6 Å². The third-order valence-electron chi connectivity index (χ3n) is 3.36. The van der Waals surface area contributed by atoms with Gasteiger partial charge in [-0.1, -0.05) is 12.1 Å². The van der Waals surface area contributed by atoms with E-state index in [1.165, 1.54) is 0 Å². The van der Waals surface area contributed by atoms with Crippen molar-refractivity contribution in [1.29, 1.82) is 0 Å². The van der Waals surface area contributed by atoms with Crippen molar-refractivity contribution in [3.63, 3.8) is 0 Å². The number of hydrogen-bond acceptors (Lipinski definition) is 5. The van der Waals surface area contributed by atoms with Crippen LogP contribution in [0.25, 0.3) is 11.0 Å². The Balaban J connectivity index is 2.15. The Hall–Kier alpha value is -2.54. The maximum atomic E-state index is 12.2. The van der Waals surface area contributed by atoms with Gasteiger partial charge in [-0.3, -0.25) is 5.32 Å². The molecule has 0 fully saturated rings. The molecule has 0 aliphatic heterocycles. The second-order valence-electron chi connectivity index (χ2n) is 5.10. The maximum absolute atomic E-state index is 12.2. The summed E-state index contributed by atoms with van der Waals surface area (Å²) < 4.78 is 10.5. The summed E-state index contributed by atoms with van der Waals surface area (Å²) in [5, 5.41) is 9.15. The van der Waals surface area contributed by atoms with Gasteiger partial charge in [0, 0.05) is 31.7 Å². The molecule has 7 heteroatoms. The van der Waals surface area contributed by atoms with Crippen LogP contribution in [0, 0.1) is 0 Å². The molecule has 1 aromatic carbocycles. The van der Waals surface area contributed by atoms with E-state index in [1.807, 2.05) is 26.0 Å². The molecule has 2 amide bonds. The Morgan fingerprint density at radius 1 is 1.21 bits per heavy atom. The Labute approximate surface area is 140 Å². The number of anilines is 2. The van der Waals surface area contributed by atoms with Crippen molar-refractivity contribution in [3.05, 3.63) is 34.7 Å².